The van der Waals surface area contributed by atoms with E-state index in [0.717, 1.165) is 0 Å². The van der Waals surface area contributed by atoms with Crippen molar-refractivity contribution in [3.8, 4) is 5.75 Å². The van der Waals surface area contributed by atoms with Crippen LogP contribution in [0.2, 0.25) is 0 Å². The van der Waals surface area contributed by atoms with E-state index in [2.05, 4.69) is 4.84 Å². The minimum Gasteiger partial charge on any atom is -0.412 e. The van der Waals surface area contributed by atoms with Crippen molar-refractivity contribution in [2.45, 2.75) is 0 Å². The fourth-order valence-corrected chi connectivity index (χ4v) is 0.499. The molecule has 0 fully saturated rings. The Morgan fingerprint density at radius 2 is 1.67 bits per heavy atom. The second-order valence-corrected chi connectivity index (χ2v) is 1.43. The van der Waals surface area contributed by atoms with E-state index < -0.39 is 0 Å². The van der Waals surface area contributed by atoms with Crippen LogP contribution in [0.15, 0.2) is 30.3 Å². The van der Waals surface area contributed by atoms with Crippen LogP contribution < -0.4 is 16.9 Å². The molecule has 0 atom stereocenters. The van der Waals surface area contributed by atoms with Gasteiger partial charge in [-0.2, -0.15) is 5.90 Å². The van der Waals surface area contributed by atoms with E-state index in [1.54, 1.807) is 12.1 Å². The summed E-state index contributed by atoms with van der Waals surface area (Å²) in [5, 5.41) is 0. The third-order valence-electron chi connectivity index (χ3n) is 0.879. The molecule has 9 heavy (non-hydrogen) atoms. The second-order valence-electron chi connectivity index (χ2n) is 1.43. The highest BCUT2D eigenvalue weighted by molar-refractivity contribution is 5.20. The zero-order valence-corrected chi connectivity index (χ0v) is 5.08. The van der Waals surface area contributed by atoms with Gasteiger partial charge in [-0.15, -0.1) is 0 Å². The van der Waals surface area contributed by atoms with Crippen molar-refractivity contribution in [2.75, 3.05) is 0 Å². The van der Waals surface area contributed by atoms with Crippen molar-refractivity contribution in [2.24, 2.45) is 5.90 Å². The zero-order valence-electron chi connectivity index (χ0n) is 5.08. The maximum absolute atomic E-state index is 4.85. The van der Waals surface area contributed by atoms with Gasteiger partial charge in [0, 0.05) is 0 Å². The van der Waals surface area contributed by atoms with Gasteiger partial charge in [0.1, 0.15) is 5.75 Å². The van der Waals surface area contributed by atoms with Crippen molar-refractivity contribution >= 4 is 0 Å². The molecule has 5 N–H and O–H groups in total. The first-order valence-electron chi connectivity index (χ1n) is 2.35. The summed E-state index contributed by atoms with van der Waals surface area (Å²) in [6, 6.07) is 9.22. The number of hydrogen-bond acceptors (Lipinski definition) is 3. The Morgan fingerprint density at radius 3 is 2.00 bits per heavy atom. The molecule has 0 bridgehead atoms. The lowest BCUT2D eigenvalue weighted by Crippen LogP contribution is -2.00. The molecule has 0 amide bonds. The summed E-state index contributed by atoms with van der Waals surface area (Å²) in [6.07, 6.45) is 0. The van der Waals surface area contributed by atoms with Crippen molar-refractivity contribution < 1.29 is 4.84 Å². The maximum Gasteiger partial charge on any atom is 0.146 e. The summed E-state index contributed by atoms with van der Waals surface area (Å²) < 4.78 is 0. The summed E-state index contributed by atoms with van der Waals surface area (Å²) in [4.78, 5) is 4.41. The number of nitrogens with two attached hydrogens (primary N) is 1. The Kier molecular flexibility index (Phi) is 3.43. The molecule has 0 aromatic heterocycles. The lowest BCUT2D eigenvalue weighted by atomic mass is 10.3. The lowest BCUT2D eigenvalue weighted by Gasteiger charge is -1.92. The lowest BCUT2D eigenvalue weighted by molar-refractivity contribution is 0.334. The fraction of sp³-hybridized carbons (Fsp3) is 0. The molecule has 3 nitrogen and oxygen atoms in total. The second kappa shape index (κ2) is 3.88. The summed E-state index contributed by atoms with van der Waals surface area (Å²) in [7, 11) is 0. The molecule has 50 valence electrons. The summed E-state index contributed by atoms with van der Waals surface area (Å²) >= 11 is 0. The van der Waals surface area contributed by atoms with E-state index in [1.165, 1.54) is 0 Å². The van der Waals surface area contributed by atoms with Crippen molar-refractivity contribution in [1.82, 2.24) is 6.15 Å². The number of rotatable bonds is 1. The predicted octanol–water partition coefficient (Wildman–Crippen LogP) is 1.10. The highest BCUT2D eigenvalue weighted by atomic mass is 16.6. The Labute approximate surface area is 54.0 Å². The molecule has 0 radical (unpaired) electrons. The van der Waals surface area contributed by atoms with Gasteiger partial charge in [-0.25, -0.2) is 0 Å². The van der Waals surface area contributed by atoms with Crippen LogP contribution in [0.5, 0.6) is 5.75 Å². The van der Waals surface area contributed by atoms with Crippen LogP contribution in [0.4, 0.5) is 0 Å². The molecule has 3 heteroatoms. The van der Waals surface area contributed by atoms with Gasteiger partial charge in [-0.3, -0.25) is 0 Å². The Morgan fingerprint density at radius 1 is 1.11 bits per heavy atom. The molecule has 0 aliphatic carbocycles. The van der Waals surface area contributed by atoms with E-state index in [1.807, 2.05) is 18.2 Å². The van der Waals surface area contributed by atoms with Gasteiger partial charge in [0.25, 0.3) is 0 Å². The van der Waals surface area contributed by atoms with Crippen LogP contribution in [0.1, 0.15) is 0 Å². The van der Waals surface area contributed by atoms with Crippen LogP contribution in [0.3, 0.4) is 0 Å². The van der Waals surface area contributed by atoms with Crippen LogP contribution in [0, 0.1) is 0 Å². The monoisotopic (exact) mass is 126 g/mol. The Bertz CT molecular complexity index is 152. The molecule has 1 aromatic carbocycles. The fourth-order valence-electron chi connectivity index (χ4n) is 0.499. The van der Waals surface area contributed by atoms with Gasteiger partial charge >= 0.3 is 0 Å². The van der Waals surface area contributed by atoms with E-state index in [4.69, 9.17) is 5.90 Å². The average molecular weight is 126 g/mol. The Hall–Kier alpha value is -1.06. The summed E-state index contributed by atoms with van der Waals surface area (Å²) in [5.41, 5.74) is 0. The van der Waals surface area contributed by atoms with Crippen molar-refractivity contribution in [1.29, 1.82) is 0 Å². The molecular formula is C6H10N2O. The molecule has 0 unspecified atom stereocenters. The molecule has 0 saturated heterocycles. The maximum atomic E-state index is 4.85. The van der Waals surface area contributed by atoms with Gasteiger partial charge in [0.05, 0.1) is 0 Å². The smallest absolute Gasteiger partial charge is 0.146 e. The van der Waals surface area contributed by atoms with Crippen LogP contribution >= 0.6 is 0 Å². The molecular weight excluding hydrogens is 116 g/mol. The molecule has 0 spiro atoms. The third kappa shape index (κ3) is 2.12. The first-order valence-corrected chi connectivity index (χ1v) is 2.35. The van der Waals surface area contributed by atoms with E-state index >= 15 is 0 Å². The van der Waals surface area contributed by atoms with Crippen LogP contribution in [0.25, 0.3) is 0 Å². The Balaban J connectivity index is 0.000000640. The highest BCUT2D eigenvalue weighted by Crippen LogP contribution is 2.04. The first kappa shape index (κ1) is 7.94. The van der Waals surface area contributed by atoms with Gasteiger partial charge in [-0.1, -0.05) is 18.2 Å². The van der Waals surface area contributed by atoms with E-state index in [9.17, 15) is 0 Å². The van der Waals surface area contributed by atoms with Gasteiger partial charge in [0.2, 0.25) is 0 Å². The normalized spacial score (nSPS) is 7.67. The largest absolute Gasteiger partial charge is 0.412 e. The summed E-state index contributed by atoms with van der Waals surface area (Å²) in [6.45, 7) is 0. The number of benzene rings is 1. The molecule has 0 aliphatic heterocycles. The zero-order chi connectivity index (χ0) is 5.82. The SMILES string of the molecule is N.NOc1ccccc1. The molecule has 1 rings (SSSR count). The van der Waals surface area contributed by atoms with E-state index in [-0.39, 0.29) is 6.15 Å². The predicted molar refractivity (Wildman–Crippen MR) is 36.3 cm³/mol. The van der Waals surface area contributed by atoms with Crippen LogP contribution in [-0.4, -0.2) is 0 Å². The summed E-state index contributed by atoms with van der Waals surface area (Å²) in [5.74, 6) is 5.54. The van der Waals surface area contributed by atoms with Crippen molar-refractivity contribution in [3.05, 3.63) is 30.3 Å². The van der Waals surface area contributed by atoms with Crippen molar-refractivity contribution in [3.63, 3.8) is 0 Å². The topological polar surface area (TPSA) is 70.2 Å². The number of hydrogen-bond donors (Lipinski definition) is 2. The molecule has 0 aliphatic rings. The standard InChI is InChI=1S/C6H7NO.H3N/c7-8-6-4-2-1-3-5-6;/h1-5H,7H2;1H3. The van der Waals surface area contributed by atoms with Crippen LogP contribution in [-0.2, 0) is 0 Å². The van der Waals surface area contributed by atoms with Gasteiger partial charge in [0.15, 0.2) is 0 Å². The molecule has 1 aromatic rings. The molecule has 0 heterocycles. The van der Waals surface area contributed by atoms with Gasteiger partial charge in [-0.05, 0) is 12.1 Å². The highest BCUT2D eigenvalue weighted by Gasteiger charge is 1.81. The van der Waals surface area contributed by atoms with E-state index in [0.29, 0.717) is 5.75 Å². The average Bonchev–Trinajstić information content (AvgIpc) is 1.90. The van der Waals surface area contributed by atoms with Gasteiger partial charge < -0.3 is 11.0 Å². The molecule has 0 saturated carbocycles. The minimum absolute atomic E-state index is 0. The third-order valence-corrected chi connectivity index (χ3v) is 0.879. The number of para-hydroxylation sites is 1. The first-order chi connectivity index (χ1) is 3.93. The quantitative estimate of drug-likeness (QED) is 0.553. The minimum atomic E-state index is 0.